The van der Waals surface area contributed by atoms with Crippen LogP contribution in [0, 0.1) is 0 Å². The van der Waals surface area contributed by atoms with Crippen molar-refractivity contribution in [2.45, 2.75) is 13.0 Å². The molecule has 1 atom stereocenters. The molecule has 1 heterocycles. The third-order valence-electron chi connectivity index (χ3n) is 2.17. The summed E-state index contributed by atoms with van der Waals surface area (Å²) in [6.45, 7) is 2.07. The molecule has 1 rings (SSSR count). The maximum atomic E-state index is 12.0. The Hall–Kier alpha value is -0.0000000000000000833. The standard InChI is InChI=1S/C10H14BrNOS2/c1-7(6-14-3)12(2)10(13)8-4-5-9(11)15-8/h4-5,7H,6H2,1-3H3. The van der Waals surface area contributed by atoms with Crippen LogP contribution in [-0.4, -0.2) is 35.9 Å². The zero-order chi connectivity index (χ0) is 11.4. The first kappa shape index (κ1) is 13.1. The average Bonchev–Trinajstić information content (AvgIpc) is 2.63. The van der Waals surface area contributed by atoms with Crippen LogP contribution in [0.2, 0.25) is 0 Å². The van der Waals surface area contributed by atoms with Crippen LogP contribution in [0.1, 0.15) is 16.6 Å². The van der Waals surface area contributed by atoms with E-state index in [-0.39, 0.29) is 11.9 Å². The summed E-state index contributed by atoms with van der Waals surface area (Å²) in [5.74, 6) is 1.07. The molecule has 1 unspecified atom stereocenters. The summed E-state index contributed by atoms with van der Waals surface area (Å²) in [7, 11) is 1.86. The van der Waals surface area contributed by atoms with Crippen LogP contribution in [0.15, 0.2) is 15.9 Å². The number of carbonyl (C=O) groups excluding carboxylic acids is 1. The molecule has 1 aromatic rings. The summed E-state index contributed by atoms with van der Waals surface area (Å²) in [6, 6.07) is 4.04. The number of amides is 1. The molecule has 5 heteroatoms. The lowest BCUT2D eigenvalue weighted by atomic mass is 10.3. The van der Waals surface area contributed by atoms with E-state index >= 15 is 0 Å². The highest BCUT2D eigenvalue weighted by Crippen LogP contribution is 2.23. The Morgan fingerprint density at radius 2 is 2.33 bits per heavy atom. The van der Waals surface area contributed by atoms with E-state index in [0.29, 0.717) is 0 Å². The molecule has 0 aliphatic rings. The van der Waals surface area contributed by atoms with Crippen molar-refractivity contribution < 1.29 is 4.79 Å². The first-order valence-corrected chi connectivity index (χ1v) is 7.58. The van der Waals surface area contributed by atoms with Gasteiger partial charge in [-0.1, -0.05) is 0 Å². The zero-order valence-electron chi connectivity index (χ0n) is 8.99. The predicted molar refractivity (Wildman–Crippen MR) is 72.0 cm³/mol. The molecule has 1 amide bonds. The molecular formula is C10H14BrNOS2. The van der Waals surface area contributed by atoms with E-state index in [1.807, 2.05) is 19.2 Å². The fraction of sp³-hybridized carbons (Fsp3) is 0.500. The molecule has 0 saturated heterocycles. The minimum atomic E-state index is 0.104. The lowest BCUT2D eigenvalue weighted by Gasteiger charge is -2.23. The second-order valence-electron chi connectivity index (χ2n) is 3.32. The quantitative estimate of drug-likeness (QED) is 0.850. The summed E-state index contributed by atoms with van der Waals surface area (Å²) in [5, 5.41) is 0. The van der Waals surface area contributed by atoms with Crippen LogP contribution in [0.5, 0.6) is 0 Å². The highest BCUT2D eigenvalue weighted by atomic mass is 79.9. The van der Waals surface area contributed by atoms with Crippen molar-refractivity contribution in [3.05, 3.63) is 20.8 Å². The lowest BCUT2D eigenvalue weighted by molar-refractivity contribution is 0.0762. The topological polar surface area (TPSA) is 20.3 Å². The number of hydrogen-bond acceptors (Lipinski definition) is 3. The van der Waals surface area contributed by atoms with Crippen molar-refractivity contribution in [3.63, 3.8) is 0 Å². The molecule has 15 heavy (non-hydrogen) atoms. The fourth-order valence-electron chi connectivity index (χ4n) is 1.16. The largest absolute Gasteiger partial charge is 0.337 e. The molecule has 0 radical (unpaired) electrons. The Morgan fingerprint density at radius 1 is 1.67 bits per heavy atom. The first-order chi connectivity index (χ1) is 7.06. The van der Waals surface area contributed by atoms with Crippen LogP contribution < -0.4 is 0 Å². The van der Waals surface area contributed by atoms with Gasteiger partial charge in [0, 0.05) is 18.8 Å². The smallest absolute Gasteiger partial charge is 0.263 e. The Morgan fingerprint density at radius 3 is 2.80 bits per heavy atom. The monoisotopic (exact) mass is 307 g/mol. The first-order valence-electron chi connectivity index (χ1n) is 4.57. The molecule has 0 bridgehead atoms. The van der Waals surface area contributed by atoms with Gasteiger partial charge in [-0.2, -0.15) is 11.8 Å². The SMILES string of the molecule is CSCC(C)N(C)C(=O)c1ccc(Br)s1. The van der Waals surface area contributed by atoms with Crippen LogP contribution in [0.4, 0.5) is 0 Å². The third kappa shape index (κ3) is 3.50. The van der Waals surface area contributed by atoms with Gasteiger partial charge >= 0.3 is 0 Å². The molecule has 0 aliphatic carbocycles. The van der Waals surface area contributed by atoms with Gasteiger partial charge in [0.2, 0.25) is 0 Å². The van der Waals surface area contributed by atoms with Crippen molar-refractivity contribution >= 4 is 44.9 Å². The number of thioether (sulfide) groups is 1. The summed E-state index contributed by atoms with van der Waals surface area (Å²) in [4.78, 5) is 14.6. The van der Waals surface area contributed by atoms with Crippen molar-refractivity contribution in [1.82, 2.24) is 4.90 Å². The van der Waals surface area contributed by atoms with Crippen molar-refractivity contribution in [2.75, 3.05) is 19.1 Å². The van der Waals surface area contributed by atoms with Gasteiger partial charge in [0.15, 0.2) is 0 Å². The number of rotatable bonds is 4. The van der Waals surface area contributed by atoms with E-state index in [2.05, 4.69) is 29.1 Å². The van der Waals surface area contributed by atoms with Crippen molar-refractivity contribution in [3.8, 4) is 0 Å². The van der Waals surface area contributed by atoms with Gasteiger partial charge in [0.25, 0.3) is 5.91 Å². The Labute approximate surface area is 107 Å². The van der Waals surface area contributed by atoms with Gasteiger partial charge in [0.1, 0.15) is 0 Å². The Kier molecular flexibility index (Phi) is 5.15. The summed E-state index contributed by atoms with van der Waals surface area (Å²) in [5.41, 5.74) is 0. The Balaban J connectivity index is 2.68. The summed E-state index contributed by atoms with van der Waals surface area (Å²) in [6.07, 6.45) is 2.05. The molecule has 0 aromatic carbocycles. The van der Waals surface area contributed by atoms with Crippen LogP contribution >= 0.6 is 39.0 Å². The normalized spacial score (nSPS) is 12.5. The molecule has 0 spiro atoms. The molecule has 1 aromatic heterocycles. The molecule has 84 valence electrons. The second-order valence-corrected chi connectivity index (χ2v) is 6.70. The second kappa shape index (κ2) is 5.92. The van der Waals surface area contributed by atoms with E-state index in [4.69, 9.17) is 0 Å². The Bertz CT molecular complexity index is 340. The number of carbonyl (C=O) groups is 1. The van der Waals surface area contributed by atoms with Crippen LogP contribution in [0.25, 0.3) is 0 Å². The summed E-state index contributed by atoms with van der Waals surface area (Å²) < 4.78 is 0.997. The highest BCUT2D eigenvalue weighted by Gasteiger charge is 2.18. The lowest BCUT2D eigenvalue weighted by Crippen LogP contribution is -2.36. The number of thiophene rings is 1. The maximum Gasteiger partial charge on any atom is 0.263 e. The maximum absolute atomic E-state index is 12.0. The molecule has 0 N–H and O–H groups in total. The van der Waals surface area contributed by atoms with E-state index < -0.39 is 0 Å². The van der Waals surface area contributed by atoms with Crippen molar-refractivity contribution in [2.24, 2.45) is 0 Å². The van der Waals surface area contributed by atoms with Gasteiger partial charge < -0.3 is 4.90 Å². The van der Waals surface area contributed by atoms with Crippen molar-refractivity contribution in [1.29, 1.82) is 0 Å². The molecule has 0 saturated carbocycles. The number of halogens is 1. The molecule has 0 aliphatic heterocycles. The molecule has 0 fully saturated rings. The van der Waals surface area contributed by atoms with E-state index in [1.165, 1.54) is 11.3 Å². The van der Waals surface area contributed by atoms with Gasteiger partial charge in [0.05, 0.1) is 8.66 Å². The van der Waals surface area contributed by atoms with E-state index in [0.717, 1.165) is 14.4 Å². The van der Waals surface area contributed by atoms with E-state index in [9.17, 15) is 4.79 Å². The fourth-order valence-corrected chi connectivity index (χ4v) is 3.23. The average molecular weight is 308 g/mol. The summed E-state index contributed by atoms with van der Waals surface area (Å²) >= 11 is 6.60. The number of hydrogen-bond donors (Lipinski definition) is 0. The van der Waals surface area contributed by atoms with E-state index in [1.54, 1.807) is 16.7 Å². The predicted octanol–water partition coefficient (Wildman–Crippen LogP) is 3.33. The van der Waals surface area contributed by atoms with Crippen LogP contribution in [-0.2, 0) is 0 Å². The number of nitrogens with zero attached hydrogens (tertiary/aromatic N) is 1. The minimum absolute atomic E-state index is 0.104. The third-order valence-corrected chi connectivity index (χ3v) is 4.60. The van der Waals surface area contributed by atoms with Gasteiger partial charge in [-0.15, -0.1) is 11.3 Å². The van der Waals surface area contributed by atoms with Gasteiger partial charge in [-0.05, 0) is 41.2 Å². The highest BCUT2D eigenvalue weighted by molar-refractivity contribution is 9.11. The van der Waals surface area contributed by atoms with Crippen LogP contribution in [0.3, 0.4) is 0 Å². The molecule has 2 nitrogen and oxygen atoms in total. The van der Waals surface area contributed by atoms with Gasteiger partial charge in [-0.3, -0.25) is 4.79 Å². The zero-order valence-corrected chi connectivity index (χ0v) is 12.2. The van der Waals surface area contributed by atoms with Gasteiger partial charge in [-0.25, -0.2) is 0 Å². The minimum Gasteiger partial charge on any atom is -0.337 e. The molecular weight excluding hydrogens is 294 g/mol.